The molecule has 1 unspecified atom stereocenters. The minimum atomic E-state index is 0.299. The number of epoxide rings is 1. The zero-order valence-electron chi connectivity index (χ0n) is 7.42. The van der Waals surface area contributed by atoms with Crippen LogP contribution in [0.15, 0.2) is 0 Å². The SMILES string of the molecule is C[N+](C)(CCCO)CC1CO1. The van der Waals surface area contributed by atoms with Gasteiger partial charge < -0.3 is 14.3 Å². The minimum Gasteiger partial charge on any atom is -0.396 e. The maximum absolute atomic E-state index is 8.64. The predicted molar refractivity (Wildman–Crippen MR) is 43.3 cm³/mol. The van der Waals surface area contributed by atoms with Crippen LogP contribution >= 0.6 is 0 Å². The van der Waals surface area contributed by atoms with Crippen LogP contribution < -0.4 is 0 Å². The Balaban J connectivity index is 2.14. The molecule has 0 aromatic carbocycles. The van der Waals surface area contributed by atoms with Crippen LogP contribution in [0.2, 0.25) is 0 Å². The Bertz CT molecular complexity index is 121. The molecule has 1 fully saturated rings. The fourth-order valence-corrected chi connectivity index (χ4v) is 1.31. The van der Waals surface area contributed by atoms with Crippen molar-refractivity contribution in [1.82, 2.24) is 0 Å². The highest BCUT2D eigenvalue weighted by molar-refractivity contribution is 4.67. The molecule has 0 amide bonds. The van der Waals surface area contributed by atoms with Gasteiger partial charge in [-0.1, -0.05) is 0 Å². The predicted octanol–water partition coefficient (Wildman–Crippen LogP) is -0.156. The zero-order chi connectivity index (χ0) is 8.32. The molecule has 1 saturated heterocycles. The van der Waals surface area contributed by atoms with Crippen LogP contribution in [-0.2, 0) is 4.74 Å². The van der Waals surface area contributed by atoms with E-state index in [2.05, 4.69) is 14.1 Å². The number of hydrogen-bond donors (Lipinski definition) is 1. The summed E-state index contributed by atoms with van der Waals surface area (Å²) in [5.41, 5.74) is 0. The van der Waals surface area contributed by atoms with Crippen molar-refractivity contribution in [2.45, 2.75) is 12.5 Å². The Labute approximate surface area is 68.2 Å². The molecule has 0 bridgehead atoms. The van der Waals surface area contributed by atoms with Crippen molar-refractivity contribution in [3.05, 3.63) is 0 Å². The van der Waals surface area contributed by atoms with Crippen molar-refractivity contribution in [1.29, 1.82) is 0 Å². The van der Waals surface area contributed by atoms with Gasteiger partial charge in [-0.15, -0.1) is 0 Å². The normalized spacial score (nSPS) is 23.7. The van der Waals surface area contributed by atoms with Crippen LogP contribution in [0.5, 0.6) is 0 Å². The van der Waals surface area contributed by atoms with Crippen molar-refractivity contribution >= 4 is 0 Å². The van der Waals surface area contributed by atoms with Gasteiger partial charge in [0.15, 0.2) is 0 Å². The molecule has 3 heteroatoms. The van der Waals surface area contributed by atoms with Crippen LogP contribution in [0.4, 0.5) is 0 Å². The number of aliphatic hydroxyl groups excluding tert-OH is 1. The average molecular weight is 160 g/mol. The molecule has 1 atom stereocenters. The van der Waals surface area contributed by atoms with Gasteiger partial charge in [-0.2, -0.15) is 0 Å². The third-order valence-electron chi connectivity index (χ3n) is 2.02. The van der Waals surface area contributed by atoms with Crippen LogP contribution in [0.25, 0.3) is 0 Å². The minimum absolute atomic E-state index is 0.299. The monoisotopic (exact) mass is 160 g/mol. The Hall–Kier alpha value is -0.120. The average Bonchev–Trinajstić information content (AvgIpc) is 2.67. The van der Waals surface area contributed by atoms with Crippen LogP contribution in [0, 0.1) is 0 Å². The number of aliphatic hydroxyl groups is 1. The van der Waals surface area contributed by atoms with Crippen molar-refractivity contribution in [3.63, 3.8) is 0 Å². The van der Waals surface area contributed by atoms with Gasteiger partial charge in [0.2, 0.25) is 0 Å². The number of ether oxygens (including phenoxy) is 1. The van der Waals surface area contributed by atoms with Crippen molar-refractivity contribution < 1.29 is 14.3 Å². The molecular weight excluding hydrogens is 142 g/mol. The molecule has 1 aliphatic rings. The van der Waals surface area contributed by atoms with Crippen LogP contribution in [0.1, 0.15) is 6.42 Å². The van der Waals surface area contributed by atoms with Gasteiger partial charge in [-0.3, -0.25) is 0 Å². The second-order valence-electron chi connectivity index (χ2n) is 3.87. The maximum atomic E-state index is 8.64. The van der Waals surface area contributed by atoms with E-state index >= 15 is 0 Å². The van der Waals surface area contributed by atoms with E-state index in [4.69, 9.17) is 9.84 Å². The summed E-state index contributed by atoms with van der Waals surface area (Å²) >= 11 is 0. The molecule has 0 radical (unpaired) electrons. The lowest BCUT2D eigenvalue weighted by molar-refractivity contribution is -0.891. The molecular formula is C8H18NO2+. The summed E-state index contributed by atoms with van der Waals surface area (Å²) in [6.45, 7) is 3.35. The molecule has 1 rings (SSSR count). The first-order valence-electron chi connectivity index (χ1n) is 4.18. The third-order valence-corrected chi connectivity index (χ3v) is 2.02. The summed E-state index contributed by atoms with van der Waals surface area (Å²) in [5, 5.41) is 8.64. The molecule has 11 heavy (non-hydrogen) atoms. The van der Waals surface area contributed by atoms with Crippen LogP contribution in [-0.4, -0.2) is 56.1 Å². The smallest absolute Gasteiger partial charge is 0.130 e. The quantitative estimate of drug-likeness (QED) is 0.448. The van der Waals surface area contributed by atoms with Gasteiger partial charge >= 0.3 is 0 Å². The van der Waals surface area contributed by atoms with Gasteiger partial charge in [-0.25, -0.2) is 0 Å². The fourth-order valence-electron chi connectivity index (χ4n) is 1.31. The molecule has 3 nitrogen and oxygen atoms in total. The standard InChI is InChI=1S/C8H18NO2/c1-9(2,4-3-5-10)6-8-7-11-8/h8,10H,3-7H2,1-2H3/q+1. The topological polar surface area (TPSA) is 32.8 Å². The number of likely N-dealkylation sites (N-methyl/N-ethyl adjacent to an activating group) is 1. The van der Waals surface area contributed by atoms with Gasteiger partial charge in [0.05, 0.1) is 27.2 Å². The van der Waals surface area contributed by atoms with E-state index in [0.717, 1.165) is 30.6 Å². The first-order valence-corrected chi connectivity index (χ1v) is 4.18. The van der Waals surface area contributed by atoms with E-state index in [-0.39, 0.29) is 0 Å². The summed E-state index contributed by atoms with van der Waals surface area (Å²) in [4.78, 5) is 0. The van der Waals surface area contributed by atoms with Crippen molar-refractivity contribution in [3.8, 4) is 0 Å². The zero-order valence-corrected chi connectivity index (χ0v) is 7.42. The first kappa shape index (κ1) is 8.97. The van der Waals surface area contributed by atoms with Crippen LogP contribution in [0.3, 0.4) is 0 Å². The summed E-state index contributed by atoms with van der Waals surface area (Å²) in [6.07, 6.45) is 1.38. The number of hydrogen-bond acceptors (Lipinski definition) is 2. The summed E-state index contributed by atoms with van der Waals surface area (Å²) in [6, 6.07) is 0. The molecule has 1 aliphatic heterocycles. The van der Waals surface area contributed by atoms with Gasteiger partial charge in [-0.05, 0) is 0 Å². The second kappa shape index (κ2) is 3.52. The Morgan fingerprint density at radius 3 is 2.64 bits per heavy atom. The molecule has 0 aliphatic carbocycles. The lowest BCUT2D eigenvalue weighted by Gasteiger charge is -2.28. The summed E-state index contributed by atoms with van der Waals surface area (Å²) < 4.78 is 6.11. The second-order valence-corrected chi connectivity index (χ2v) is 3.87. The highest BCUT2D eigenvalue weighted by Crippen LogP contribution is 2.13. The van der Waals surface area contributed by atoms with Gasteiger partial charge in [0.25, 0.3) is 0 Å². The Morgan fingerprint density at radius 2 is 2.18 bits per heavy atom. The van der Waals surface area contributed by atoms with Crippen molar-refractivity contribution in [2.75, 3.05) is 40.4 Å². The number of quaternary nitrogens is 1. The molecule has 66 valence electrons. The molecule has 1 N–H and O–H groups in total. The molecule has 1 heterocycles. The number of nitrogens with zero attached hydrogens (tertiary/aromatic N) is 1. The van der Waals surface area contributed by atoms with Gasteiger partial charge in [0.1, 0.15) is 12.6 Å². The van der Waals surface area contributed by atoms with E-state index < -0.39 is 0 Å². The molecule has 0 aromatic rings. The lowest BCUT2D eigenvalue weighted by atomic mass is 10.3. The number of rotatable bonds is 5. The Kier molecular flexibility index (Phi) is 2.87. The highest BCUT2D eigenvalue weighted by atomic mass is 16.6. The Morgan fingerprint density at radius 1 is 1.55 bits per heavy atom. The van der Waals surface area contributed by atoms with Crippen molar-refractivity contribution in [2.24, 2.45) is 0 Å². The van der Waals surface area contributed by atoms with E-state index in [0.29, 0.717) is 12.7 Å². The molecule has 0 aromatic heterocycles. The molecule has 0 spiro atoms. The summed E-state index contributed by atoms with van der Waals surface area (Å²) in [7, 11) is 4.36. The highest BCUT2D eigenvalue weighted by Gasteiger charge is 2.30. The van der Waals surface area contributed by atoms with E-state index in [1.165, 1.54) is 0 Å². The largest absolute Gasteiger partial charge is 0.396 e. The third kappa shape index (κ3) is 3.70. The fraction of sp³-hybridized carbons (Fsp3) is 1.00. The van der Waals surface area contributed by atoms with E-state index in [1.807, 2.05) is 0 Å². The van der Waals surface area contributed by atoms with E-state index in [1.54, 1.807) is 0 Å². The first-order chi connectivity index (χ1) is 5.14. The van der Waals surface area contributed by atoms with Gasteiger partial charge in [0, 0.05) is 13.0 Å². The summed E-state index contributed by atoms with van der Waals surface area (Å²) in [5.74, 6) is 0. The maximum Gasteiger partial charge on any atom is 0.130 e. The van der Waals surface area contributed by atoms with E-state index in [9.17, 15) is 0 Å². The molecule has 0 saturated carbocycles. The lowest BCUT2D eigenvalue weighted by Crippen LogP contribution is -2.43.